The minimum atomic E-state index is -0.827. The van der Waals surface area contributed by atoms with Crippen molar-refractivity contribution < 1.29 is 14.3 Å². The number of methoxy groups -OCH3 is 1. The van der Waals surface area contributed by atoms with Gasteiger partial charge < -0.3 is 20.5 Å². The first-order valence-electron chi connectivity index (χ1n) is 6.91. The molecule has 1 saturated heterocycles. The number of rotatable bonds is 5. The van der Waals surface area contributed by atoms with Crippen LogP contribution in [0.15, 0.2) is 24.3 Å². The van der Waals surface area contributed by atoms with Crippen LogP contribution >= 0.6 is 0 Å². The van der Waals surface area contributed by atoms with E-state index in [-0.39, 0.29) is 5.91 Å². The van der Waals surface area contributed by atoms with Crippen molar-refractivity contribution >= 4 is 11.6 Å². The fraction of sp³-hybridized carbons (Fsp3) is 0.533. The van der Waals surface area contributed by atoms with Gasteiger partial charge in [-0.2, -0.15) is 0 Å². The molecule has 1 heterocycles. The number of anilines is 1. The Kier molecular flexibility index (Phi) is 5.11. The minimum Gasteiger partial charge on any atom is -0.384 e. The molecule has 0 radical (unpaired) electrons. The smallest absolute Gasteiger partial charge is 0.244 e. The molecule has 1 aliphatic rings. The maximum atomic E-state index is 12.4. The van der Waals surface area contributed by atoms with E-state index in [1.807, 2.05) is 24.3 Å². The molecule has 0 bridgehead atoms. The molecule has 0 unspecified atom stereocenters. The highest BCUT2D eigenvalue weighted by Crippen LogP contribution is 2.22. The lowest BCUT2D eigenvalue weighted by atomic mass is 9.90. The van der Waals surface area contributed by atoms with Crippen molar-refractivity contribution in [3.8, 4) is 0 Å². The van der Waals surface area contributed by atoms with Crippen LogP contribution in [0.3, 0.4) is 0 Å². The summed E-state index contributed by atoms with van der Waals surface area (Å²) in [5.74, 6) is -0.134. The SMILES string of the molecule is COCCc1ccccc1NC(=O)C1(N)CCOCC1. The number of ether oxygens (including phenoxy) is 2. The van der Waals surface area contributed by atoms with Gasteiger partial charge in [0.05, 0.1) is 6.61 Å². The van der Waals surface area contributed by atoms with Gasteiger partial charge >= 0.3 is 0 Å². The molecule has 0 spiro atoms. The zero-order valence-electron chi connectivity index (χ0n) is 11.9. The van der Waals surface area contributed by atoms with Crippen molar-refractivity contribution in [3.05, 3.63) is 29.8 Å². The number of nitrogens with one attached hydrogen (secondary N) is 1. The number of benzene rings is 1. The van der Waals surface area contributed by atoms with Gasteiger partial charge in [0.2, 0.25) is 5.91 Å². The fourth-order valence-electron chi connectivity index (χ4n) is 2.28. The first kappa shape index (κ1) is 15.0. The maximum Gasteiger partial charge on any atom is 0.244 e. The highest BCUT2D eigenvalue weighted by atomic mass is 16.5. The predicted octanol–water partition coefficient (Wildman–Crippen LogP) is 1.32. The summed E-state index contributed by atoms with van der Waals surface area (Å²) >= 11 is 0. The van der Waals surface area contributed by atoms with E-state index in [2.05, 4.69) is 5.32 Å². The summed E-state index contributed by atoms with van der Waals surface area (Å²) in [5.41, 5.74) is 7.22. The van der Waals surface area contributed by atoms with Crippen LogP contribution in [0.1, 0.15) is 18.4 Å². The van der Waals surface area contributed by atoms with Crippen molar-refractivity contribution in [2.75, 3.05) is 32.2 Å². The Bertz CT molecular complexity index is 456. The number of amides is 1. The van der Waals surface area contributed by atoms with E-state index in [4.69, 9.17) is 15.2 Å². The molecule has 1 fully saturated rings. The standard InChI is InChI=1S/C15H22N2O3/c1-19-9-6-12-4-2-3-5-13(12)17-14(18)15(16)7-10-20-11-8-15/h2-5H,6-11,16H2,1H3,(H,17,18). The van der Waals surface area contributed by atoms with E-state index in [0.29, 0.717) is 32.7 Å². The molecule has 5 nitrogen and oxygen atoms in total. The van der Waals surface area contributed by atoms with Crippen LogP contribution < -0.4 is 11.1 Å². The summed E-state index contributed by atoms with van der Waals surface area (Å²) in [6.07, 6.45) is 1.87. The number of hydrogen-bond donors (Lipinski definition) is 2. The number of nitrogens with two attached hydrogens (primary N) is 1. The molecular formula is C15H22N2O3. The second kappa shape index (κ2) is 6.83. The quantitative estimate of drug-likeness (QED) is 0.852. The molecule has 2 rings (SSSR count). The molecule has 0 atom stereocenters. The summed E-state index contributed by atoms with van der Waals surface area (Å²) in [5, 5.41) is 2.95. The number of carbonyl (C=O) groups is 1. The molecule has 0 aliphatic carbocycles. The second-order valence-corrected chi connectivity index (χ2v) is 5.12. The normalized spacial score (nSPS) is 17.7. The van der Waals surface area contributed by atoms with Gasteiger partial charge in [0.1, 0.15) is 5.54 Å². The molecule has 1 aliphatic heterocycles. The largest absolute Gasteiger partial charge is 0.384 e. The van der Waals surface area contributed by atoms with Gasteiger partial charge in [-0.05, 0) is 30.9 Å². The topological polar surface area (TPSA) is 73.6 Å². The fourth-order valence-corrected chi connectivity index (χ4v) is 2.28. The third-order valence-electron chi connectivity index (χ3n) is 3.68. The summed E-state index contributed by atoms with van der Waals surface area (Å²) < 4.78 is 10.4. The Morgan fingerprint density at radius 1 is 1.40 bits per heavy atom. The molecule has 1 amide bonds. The monoisotopic (exact) mass is 278 g/mol. The number of carbonyl (C=O) groups excluding carboxylic acids is 1. The Morgan fingerprint density at radius 2 is 2.10 bits per heavy atom. The predicted molar refractivity (Wildman–Crippen MR) is 77.6 cm³/mol. The van der Waals surface area contributed by atoms with Gasteiger partial charge in [0.15, 0.2) is 0 Å². The van der Waals surface area contributed by atoms with E-state index >= 15 is 0 Å². The van der Waals surface area contributed by atoms with Gasteiger partial charge in [0, 0.05) is 26.0 Å². The van der Waals surface area contributed by atoms with Crippen molar-refractivity contribution in [1.82, 2.24) is 0 Å². The highest BCUT2D eigenvalue weighted by Gasteiger charge is 2.36. The summed E-state index contributed by atoms with van der Waals surface area (Å²) in [4.78, 5) is 12.4. The molecular weight excluding hydrogens is 256 g/mol. The maximum absolute atomic E-state index is 12.4. The lowest BCUT2D eigenvalue weighted by Crippen LogP contribution is -2.54. The van der Waals surface area contributed by atoms with E-state index in [1.165, 1.54) is 0 Å². The Labute approximate surface area is 119 Å². The molecule has 0 aromatic heterocycles. The molecule has 3 N–H and O–H groups in total. The molecule has 1 aromatic rings. The molecule has 5 heteroatoms. The molecule has 0 saturated carbocycles. The van der Waals surface area contributed by atoms with Gasteiger partial charge in [-0.1, -0.05) is 18.2 Å². The third kappa shape index (κ3) is 3.56. The van der Waals surface area contributed by atoms with Gasteiger partial charge in [-0.25, -0.2) is 0 Å². The summed E-state index contributed by atoms with van der Waals surface area (Å²) in [6, 6.07) is 7.74. The number of hydrogen-bond acceptors (Lipinski definition) is 4. The van der Waals surface area contributed by atoms with E-state index in [9.17, 15) is 4.79 Å². The van der Waals surface area contributed by atoms with Crippen LogP contribution in [0, 0.1) is 0 Å². The second-order valence-electron chi connectivity index (χ2n) is 5.12. The first-order chi connectivity index (χ1) is 9.65. The Hall–Kier alpha value is -1.43. The summed E-state index contributed by atoms with van der Waals surface area (Å²) in [6.45, 7) is 1.69. The summed E-state index contributed by atoms with van der Waals surface area (Å²) in [7, 11) is 1.66. The average molecular weight is 278 g/mol. The number of para-hydroxylation sites is 1. The lowest BCUT2D eigenvalue weighted by Gasteiger charge is -2.32. The van der Waals surface area contributed by atoms with Crippen LogP contribution in [0.5, 0.6) is 0 Å². The van der Waals surface area contributed by atoms with Crippen LogP contribution in [0.2, 0.25) is 0 Å². The Morgan fingerprint density at radius 3 is 2.80 bits per heavy atom. The lowest BCUT2D eigenvalue weighted by molar-refractivity contribution is -0.124. The van der Waals surface area contributed by atoms with Crippen LogP contribution in [0.4, 0.5) is 5.69 Å². The van der Waals surface area contributed by atoms with Crippen molar-refractivity contribution in [2.24, 2.45) is 5.73 Å². The van der Waals surface area contributed by atoms with Crippen molar-refractivity contribution in [3.63, 3.8) is 0 Å². The Balaban J connectivity index is 2.07. The third-order valence-corrected chi connectivity index (χ3v) is 3.68. The first-order valence-corrected chi connectivity index (χ1v) is 6.91. The zero-order valence-corrected chi connectivity index (χ0v) is 11.9. The minimum absolute atomic E-state index is 0.134. The van der Waals surface area contributed by atoms with E-state index in [1.54, 1.807) is 7.11 Å². The van der Waals surface area contributed by atoms with Crippen LogP contribution in [-0.4, -0.2) is 38.4 Å². The highest BCUT2D eigenvalue weighted by molar-refractivity contribution is 5.98. The van der Waals surface area contributed by atoms with E-state index in [0.717, 1.165) is 17.7 Å². The molecule has 110 valence electrons. The molecule has 1 aromatic carbocycles. The van der Waals surface area contributed by atoms with Crippen LogP contribution in [0.25, 0.3) is 0 Å². The zero-order chi connectivity index (χ0) is 14.4. The van der Waals surface area contributed by atoms with E-state index < -0.39 is 5.54 Å². The van der Waals surface area contributed by atoms with Crippen molar-refractivity contribution in [2.45, 2.75) is 24.8 Å². The van der Waals surface area contributed by atoms with Gasteiger partial charge in [-0.15, -0.1) is 0 Å². The van der Waals surface area contributed by atoms with Crippen molar-refractivity contribution in [1.29, 1.82) is 0 Å². The van der Waals surface area contributed by atoms with Gasteiger partial charge in [0.25, 0.3) is 0 Å². The average Bonchev–Trinajstić information content (AvgIpc) is 2.47. The van der Waals surface area contributed by atoms with Gasteiger partial charge in [-0.3, -0.25) is 4.79 Å². The molecule has 20 heavy (non-hydrogen) atoms. The van der Waals surface area contributed by atoms with Crippen LogP contribution in [-0.2, 0) is 20.7 Å².